The van der Waals surface area contributed by atoms with Crippen LogP contribution in [-0.2, 0) is 10.2 Å². The van der Waals surface area contributed by atoms with Gasteiger partial charge in [0.25, 0.3) is 5.91 Å². The molecule has 2 aromatic carbocycles. The van der Waals surface area contributed by atoms with E-state index in [2.05, 4.69) is 55.3 Å². The number of hydrogen-bond donors (Lipinski definition) is 1. The third-order valence-electron chi connectivity index (χ3n) is 6.21. The summed E-state index contributed by atoms with van der Waals surface area (Å²) in [4.78, 5) is 15.4. The van der Waals surface area contributed by atoms with Gasteiger partial charge in [0.1, 0.15) is 5.58 Å². The van der Waals surface area contributed by atoms with Gasteiger partial charge in [-0.2, -0.15) is 0 Å². The maximum atomic E-state index is 13.0. The van der Waals surface area contributed by atoms with E-state index in [1.165, 1.54) is 11.1 Å². The van der Waals surface area contributed by atoms with E-state index in [0.29, 0.717) is 36.1 Å². The van der Waals surface area contributed by atoms with E-state index in [9.17, 15) is 4.79 Å². The maximum Gasteiger partial charge on any atom is 0.287 e. The first-order valence-corrected chi connectivity index (χ1v) is 11.5. The van der Waals surface area contributed by atoms with Crippen LogP contribution in [0.15, 0.2) is 46.9 Å². The number of nitrogens with zero attached hydrogens (tertiary/aromatic N) is 1. The van der Waals surface area contributed by atoms with E-state index >= 15 is 0 Å². The lowest BCUT2D eigenvalue weighted by Gasteiger charge is -2.35. The summed E-state index contributed by atoms with van der Waals surface area (Å²) in [6.07, 6.45) is 0. The fourth-order valence-electron chi connectivity index (χ4n) is 4.23. The predicted octanol–water partition coefficient (Wildman–Crippen LogP) is 5.50. The van der Waals surface area contributed by atoms with Crippen molar-refractivity contribution in [1.29, 1.82) is 0 Å². The molecule has 0 saturated carbocycles. The van der Waals surface area contributed by atoms with Crippen LogP contribution in [0.5, 0.6) is 0 Å². The van der Waals surface area contributed by atoms with E-state index in [1.807, 2.05) is 13.0 Å². The Bertz CT molecular complexity index is 1090. The van der Waals surface area contributed by atoms with Crippen molar-refractivity contribution < 1.29 is 13.9 Å². The predicted molar refractivity (Wildman–Crippen MR) is 129 cm³/mol. The van der Waals surface area contributed by atoms with Gasteiger partial charge in [-0.15, -0.1) is 0 Å². The number of halogens is 1. The SMILES string of the molecule is Cc1c(C(=O)NCC(c2ccc(C(C)(C)C)cc2)N2CCOCC2)oc2ccc(Cl)cc12. The Balaban J connectivity index is 1.55. The van der Waals surface area contributed by atoms with Crippen molar-refractivity contribution in [2.24, 2.45) is 0 Å². The Hall–Kier alpha value is -2.34. The molecule has 1 amide bonds. The molecule has 0 spiro atoms. The molecule has 1 aliphatic heterocycles. The molecular formula is C26H31ClN2O3. The first-order valence-electron chi connectivity index (χ1n) is 11.1. The number of morpholine rings is 1. The van der Waals surface area contributed by atoms with Crippen LogP contribution < -0.4 is 5.32 Å². The van der Waals surface area contributed by atoms with Crippen molar-refractivity contribution >= 4 is 28.5 Å². The molecule has 4 rings (SSSR count). The summed E-state index contributed by atoms with van der Waals surface area (Å²) >= 11 is 6.12. The number of amides is 1. The zero-order valence-electron chi connectivity index (χ0n) is 19.2. The summed E-state index contributed by atoms with van der Waals surface area (Å²) in [5.41, 5.74) is 4.05. The molecule has 1 fully saturated rings. The average Bonchev–Trinajstić information content (AvgIpc) is 3.10. The second-order valence-electron chi connectivity index (χ2n) is 9.44. The minimum Gasteiger partial charge on any atom is -0.451 e. The topological polar surface area (TPSA) is 54.7 Å². The number of ether oxygens (including phenoxy) is 1. The fraction of sp³-hybridized carbons (Fsp3) is 0.423. The minimum absolute atomic E-state index is 0.0657. The maximum absolute atomic E-state index is 13.0. The lowest BCUT2D eigenvalue weighted by molar-refractivity contribution is 0.0161. The first-order chi connectivity index (χ1) is 15.2. The molecular weight excluding hydrogens is 424 g/mol. The van der Waals surface area contributed by atoms with Crippen molar-refractivity contribution in [2.45, 2.75) is 39.2 Å². The Kier molecular flexibility index (Phi) is 6.61. The number of carbonyl (C=O) groups excluding carboxylic acids is 1. The zero-order valence-corrected chi connectivity index (χ0v) is 20.0. The summed E-state index contributed by atoms with van der Waals surface area (Å²) in [5.74, 6) is 0.130. The van der Waals surface area contributed by atoms with E-state index in [1.54, 1.807) is 12.1 Å². The van der Waals surface area contributed by atoms with Gasteiger partial charge in [-0.25, -0.2) is 0 Å². The van der Waals surface area contributed by atoms with Gasteiger partial charge in [-0.3, -0.25) is 9.69 Å². The molecule has 1 aliphatic rings. The molecule has 1 N–H and O–H groups in total. The lowest BCUT2D eigenvalue weighted by Crippen LogP contribution is -2.43. The molecule has 3 aromatic rings. The van der Waals surface area contributed by atoms with Crippen molar-refractivity contribution in [3.8, 4) is 0 Å². The third kappa shape index (κ3) is 4.85. The Morgan fingerprint density at radius 3 is 2.47 bits per heavy atom. The number of carbonyl (C=O) groups is 1. The summed E-state index contributed by atoms with van der Waals surface area (Å²) in [6.45, 7) is 12.1. The van der Waals surface area contributed by atoms with E-state index in [4.69, 9.17) is 20.8 Å². The number of benzene rings is 2. The van der Waals surface area contributed by atoms with Gasteiger partial charge in [-0.1, -0.05) is 56.6 Å². The van der Waals surface area contributed by atoms with Crippen LogP contribution in [0.3, 0.4) is 0 Å². The molecule has 1 saturated heterocycles. The van der Waals surface area contributed by atoms with Crippen molar-refractivity contribution in [2.75, 3.05) is 32.8 Å². The lowest BCUT2D eigenvalue weighted by atomic mass is 9.86. The quantitative estimate of drug-likeness (QED) is 0.553. The van der Waals surface area contributed by atoms with Gasteiger partial charge >= 0.3 is 0 Å². The van der Waals surface area contributed by atoms with Crippen LogP contribution in [0.1, 0.15) is 54.1 Å². The third-order valence-corrected chi connectivity index (χ3v) is 6.44. The van der Waals surface area contributed by atoms with Gasteiger partial charge in [0.15, 0.2) is 5.76 Å². The minimum atomic E-state index is -0.209. The number of fused-ring (bicyclic) bond motifs is 1. The summed E-state index contributed by atoms with van der Waals surface area (Å²) < 4.78 is 11.4. The van der Waals surface area contributed by atoms with Crippen molar-refractivity contribution in [3.05, 3.63) is 69.9 Å². The van der Waals surface area contributed by atoms with Gasteiger partial charge in [-0.05, 0) is 41.7 Å². The molecule has 5 nitrogen and oxygen atoms in total. The van der Waals surface area contributed by atoms with Gasteiger partial charge < -0.3 is 14.5 Å². The van der Waals surface area contributed by atoms with Crippen LogP contribution in [-0.4, -0.2) is 43.7 Å². The molecule has 32 heavy (non-hydrogen) atoms. The molecule has 2 heterocycles. The summed E-state index contributed by atoms with van der Waals surface area (Å²) in [5, 5.41) is 4.60. The molecule has 0 radical (unpaired) electrons. The molecule has 6 heteroatoms. The summed E-state index contributed by atoms with van der Waals surface area (Å²) in [7, 11) is 0. The monoisotopic (exact) mass is 454 g/mol. The van der Waals surface area contributed by atoms with Gasteiger partial charge in [0.05, 0.1) is 19.3 Å². The van der Waals surface area contributed by atoms with Crippen molar-refractivity contribution in [1.82, 2.24) is 10.2 Å². The molecule has 170 valence electrons. The number of hydrogen-bond acceptors (Lipinski definition) is 4. The summed E-state index contributed by atoms with van der Waals surface area (Å²) in [6, 6.07) is 14.2. The number of furan rings is 1. The first kappa shape index (κ1) is 22.8. The second-order valence-corrected chi connectivity index (χ2v) is 9.88. The van der Waals surface area contributed by atoms with E-state index in [0.717, 1.165) is 24.0 Å². The van der Waals surface area contributed by atoms with E-state index in [-0.39, 0.29) is 17.4 Å². The van der Waals surface area contributed by atoms with E-state index < -0.39 is 0 Å². The number of nitrogens with one attached hydrogen (secondary N) is 1. The Labute approximate surface area is 194 Å². The highest BCUT2D eigenvalue weighted by atomic mass is 35.5. The van der Waals surface area contributed by atoms with Gasteiger partial charge in [0.2, 0.25) is 0 Å². The fourth-order valence-corrected chi connectivity index (χ4v) is 4.40. The highest BCUT2D eigenvalue weighted by molar-refractivity contribution is 6.31. The highest BCUT2D eigenvalue weighted by Gasteiger charge is 2.25. The molecule has 1 aromatic heterocycles. The molecule has 1 atom stereocenters. The second kappa shape index (κ2) is 9.26. The van der Waals surface area contributed by atoms with Crippen LogP contribution in [0.4, 0.5) is 0 Å². The zero-order chi connectivity index (χ0) is 22.9. The van der Waals surface area contributed by atoms with Crippen LogP contribution in [0, 0.1) is 6.92 Å². The number of rotatable bonds is 5. The Morgan fingerprint density at radius 1 is 1.12 bits per heavy atom. The molecule has 0 aliphatic carbocycles. The van der Waals surface area contributed by atoms with Crippen LogP contribution in [0.2, 0.25) is 5.02 Å². The molecule has 0 bridgehead atoms. The largest absolute Gasteiger partial charge is 0.451 e. The highest BCUT2D eigenvalue weighted by Crippen LogP contribution is 2.29. The Morgan fingerprint density at radius 2 is 1.81 bits per heavy atom. The average molecular weight is 455 g/mol. The standard InChI is InChI=1S/C26H31ClN2O3/c1-17-21-15-20(27)9-10-23(21)32-24(17)25(30)28-16-22(29-11-13-31-14-12-29)18-5-7-19(8-6-18)26(2,3)4/h5-10,15,22H,11-14,16H2,1-4H3,(H,28,30). The smallest absolute Gasteiger partial charge is 0.287 e. The van der Waals surface area contributed by atoms with Gasteiger partial charge in [0, 0.05) is 35.6 Å². The number of aryl methyl sites for hydroxylation is 1. The van der Waals surface area contributed by atoms with Crippen LogP contribution in [0.25, 0.3) is 11.0 Å². The van der Waals surface area contributed by atoms with Crippen LogP contribution >= 0.6 is 11.6 Å². The van der Waals surface area contributed by atoms with Crippen molar-refractivity contribution in [3.63, 3.8) is 0 Å². The normalized spacial score (nSPS) is 16.3. The molecule has 1 unspecified atom stereocenters.